The lowest BCUT2D eigenvalue weighted by molar-refractivity contribution is 0.0288. The minimum absolute atomic E-state index is 0.164. The van der Waals surface area contributed by atoms with Gasteiger partial charge in [0.25, 0.3) is 0 Å². The van der Waals surface area contributed by atoms with E-state index in [2.05, 4.69) is 17.3 Å². The van der Waals surface area contributed by atoms with Crippen LogP contribution in [0.3, 0.4) is 0 Å². The molecule has 2 fully saturated rings. The zero-order valence-electron chi connectivity index (χ0n) is 14.0. The molecule has 0 radical (unpaired) electrons. The maximum Gasteiger partial charge on any atom is 0.410 e. The Morgan fingerprint density at radius 3 is 2.67 bits per heavy atom. The van der Waals surface area contributed by atoms with E-state index in [0.29, 0.717) is 12.0 Å². The van der Waals surface area contributed by atoms with Crippen LogP contribution in [0.2, 0.25) is 0 Å². The molecule has 5 nitrogen and oxygen atoms in total. The van der Waals surface area contributed by atoms with Crippen LogP contribution < -0.4 is 5.32 Å². The molecule has 2 saturated heterocycles. The van der Waals surface area contributed by atoms with Gasteiger partial charge in [0.15, 0.2) is 0 Å². The highest BCUT2D eigenvalue weighted by atomic mass is 16.6. The third-order valence-electron chi connectivity index (χ3n) is 4.26. The van der Waals surface area contributed by atoms with E-state index in [1.54, 1.807) is 0 Å². The number of ether oxygens (including phenoxy) is 1. The number of hydrogen-bond acceptors (Lipinski definition) is 4. The van der Waals surface area contributed by atoms with Gasteiger partial charge in [0, 0.05) is 32.2 Å². The Morgan fingerprint density at radius 1 is 1.24 bits per heavy atom. The average molecular weight is 297 g/mol. The number of likely N-dealkylation sites (N-methyl/N-ethyl adjacent to an activating group) is 1. The van der Waals surface area contributed by atoms with Crippen molar-refractivity contribution in [1.29, 1.82) is 0 Å². The van der Waals surface area contributed by atoms with Crippen molar-refractivity contribution in [1.82, 2.24) is 15.1 Å². The Labute approximate surface area is 129 Å². The van der Waals surface area contributed by atoms with Crippen LogP contribution >= 0.6 is 0 Å². The summed E-state index contributed by atoms with van der Waals surface area (Å²) in [4.78, 5) is 16.3. The number of likely N-dealkylation sites (tertiary alicyclic amines) is 2. The quantitative estimate of drug-likeness (QED) is 0.864. The van der Waals surface area contributed by atoms with Crippen LogP contribution in [0, 0.1) is 5.92 Å². The predicted molar refractivity (Wildman–Crippen MR) is 84.4 cm³/mol. The molecule has 2 heterocycles. The molecule has 0 aromatic heterocycles. The molecule has 2 rings (SSSR count). The standard InChI is InChI=1S/C16H31N3O2/c1-16(2,3)21-15(20)19-9-7-13(11-19)10-17-14-6-5-8-18(4)12-14/h13-14,17H,5-12H2,1-4H3. The summed E-state index contributed by atoms with van der Waals surface area (Å²) in [6, 6.07) is 0.610. The van der Waals surface area contributed by atoms with Crippen LogP contribution in [0.5, 0.6) is 0 Å². The lowest BCUT2D eigenvalue weighted by Crippen LogP contribution is -2.45. The molecule has 1 amide bonds. The van der Waals surface area contributed by atoms with Gasteiger partial charge in [-0.25, -0.2) is 4.79 Å². The van der Waals surface area contributed by atoms with E-state index in [1.165, 1.54) is 19.4 Å². The lowest BCUT2D eigenvalue weighted by atomic mass is 10.0. The van der Waals surface area contributed by atoms with Gasteiger partial charge in [-0.2, -0.15) is 0 Å². The third kappa shape index (κ3) is 5.47. The molecule has 2 unspecified atom stereocenters. The molecule has 2 aliphatic heterocycles. The molecule has 0 bridgehead atoms. The van der Waals surface area contributed by atoms with Gasteiger partial charge in [0.1, 0.15) is 5.60 Å². The summed E-state index contributed by atoms with van der Waals surface area (Å²) in [5.41, 5.74) is -0.403. The summed E-state index contributed by atoms with van der Waals surface area (Å²) in [5.74, 6) is 0.560. The monoisotopic (exact) mass is 297 g/mol. The zero-order valence-corrected chi connectivity index (χ0v) is 14.0. The molecule has 0 aromatic rings. The van der Waals surface area contributed by atoms with Crippen LogP contribution in [0.1, 0.15) is 40.0 Å². The summed E-state index contributed by atoms with van der Waals surface area (Å²) in [6.07, 6.45) is 3.47. The third-order valence-corrected chi connectivity index (χ3v) is 4.26. The molecule has 0 aliphatic carbocycles. The summed E-state index contributed by atoms with van der Waals surface area (Å²) >= 11 is 0. The topological polar surface area (TPSA) is 44.8 Å². The van der Waals surface area contributed by atoms with Gasteiger partial charge in [0.05, 0.1) is 0 Å². The maximum atomic E-state index is 12.0. The molecule has 2 atom stereocenters. The molecule has 0 spiro atoms. The predicted octanol–water partition coefficient (Wildman–Crippen LogP) is 1.93. The summed E-state index contributed by atoms with van der Waals surface area (Å²) in [5, 5.41) is 3.68. The van der Waals surface area contributed by atoms with Gasteiger partial charge in [-0.15, -0.1) is 0 Å². The first-order valence-electron chi connectivity index (χ1n) is 8.23. The smallest absolute Gasteiger partial charge is 0.410 e. The van der Waals surface area contributed by atoms with Gasteiger partial charge in [0.2, 0.25) is 0 Å². The fourth-order valence-corrected chi connectivity index (χ4v) is 3.16. The number of piperidine rings is 1. The molecular weight excluding hydrogens is 266 g/mol. The van der Waals surface area contributed by atoms with Gasteiger partial charge in [-0.1, -0.05) is 0 Å². The molecule has 21 heavy (non-hydrogen) atoms. The molecule has 122 valence electrons. The van der Waals surface area contributed by atoms with E-state index in [4.69, 9.17) is 4.74 Å². The number of nitrogens with zero attached hydrogens (tertiary/aromatic N) is 2. The van der Waals surface area contributed by atoms with E-state index < -0.39 is 5.60 Å². The fourth-order valence-electron chi connectivity index (χ4n) is 3.16. The van der Waals surface area contributed by atoms with Crippen molar-refractivity contribution in [3.05, 3.63) is 0 Å². The minimum atomic E-state index is -0.403. The van der Waals surface area contributed by atoms with Crippen molar-refractivity contribution in [2.45, 2.75) is 51.7 Å². The van der Waals surface area contributed by atoms with Crippen LogP contribution in [0.15, 0.2) is 0 Å². The Kier molecular flexibility index (Phi) is 5.49. The first-order chi connectivity index (χ1) is 9.83. The van der Waals surface area contributed by atoms with Gasteiger partial charge in [-0.05, 0) is 59.5 Å². The van der Waals surface area contributed by atoms with Crippen molar-refractivity contribution >= 4 is 6.09 Å². The Morgan fingerprint density at radius 2 is 2.00 bits per heavy atom. The Balaban J connectivity index is 1.69. The number of nitrogens with one attached hydrogen (secondary N) is 1. The second-order valence-electron chi connectivity index (χ2n) is 7.59. The van der Waals surface area contributed by atoms with Crippen molar-refractivity contribution in [3.63, 3.8) is 0 Å². The van der Waals surface area contributed by atoms with Crippen LogP contribution in [-0.2, 0) is 4.74 Å². The highest BCUT2D eigenvalue weighted by molar-refractivity contribution is 5.68. The van der Waals surface area contributed by atoms with Crippen LogP contribution in [0.25, 0.3) is 0 Å². The lowest BCUT2D eigenvalue weighted by Gasteiger charge is -2.31. The normalized spacial score (nSPS) is 27.9. The molecule has 0 aromatic carbocycles. The molecule has 0 saturated carbocycles. The summed E-state index contributed by atoms with van der Waals surface area (Å²) in [7, 11) is 2.19. The average Bonchev–Trinajstić information content (AvgIpc) is 2.83. The highest BCUT2D eigenvalue weighted by Gasteiger charge is 2.30. The number of carbonyl (C=O) groups excluding carboxylic acids is 1. The van der Waals surface area contributed by atoms with Crippen molar-refractivity contribution in [2.24, 2.45) is 5.92 Å². The van der Waals surface area contributed by atoms with Crippen LogP contribution in [0.4, 0.5) is 4.79 Å². The largest absolute Gasteiger partial charge is 0.444 e. The SMILES string of the molecule is CN1CCCC(NCC2CCN(C(=O)OC(C)(C)C)C2)C1. The first kappa shape index (κ1) is 16.6. The number of amides is 1. The molecule has 2 aliphatic rings. The number of hydrogen-bond donors (Lipinski definition) is 1. The maximum absolute atomic E-state index is 12.0. The first-order valence-corrected chi connectivity index (χ1v) is 8.23. The molecule has 5 heteroatoms. The van der Waals surface area contributed by atoms with Gasteiger partial charge in [-0.3, -0.25) is 0 Å². The highest BCUT2D eigenvalue weighted by Crippen LogP contribution is 2.19. The summed E-state index contributed by atoms with van der Waals surface area (Å²) < 4.78 is 5.44. The van der Waals surface area contributed by atoms with Crippen molar-refractivity contribution in [3.8, 4) is 0 Å². The Bertz CT molecular complexity index is 354. The van der Waals surface area contributed by atoms with Crippen LogP contribution in [-0.4, -0.2) is 67.3 Å². The van der Waals surface area contributed by atoms with Crippen molar-refractivity contribution in [2.75, 3.05) is 39.8 Å². The summed E-state index contributed by atoms with van der Waals surface area (Å²) in [6.45, 7) is 10.8. The molecular formula is C16H31N3O2. The molecule has 1 N–H and O–H groups in total. The van der Waals surface area contributed by atoms with E-state index in [1.807, 2.05) is 25.7 Å². The number of carbonyl (C=O) groups is 1. The van der Waals surface area contributed by atoms with E-state index in [9.17, 15) is 4.79 Å². The van der Waals surface area contributed by atoms with E-state index >= 15 is 0 Å². The van der Waals surface area contributed by atoms with Gasteiger partial charge >= 0.3 is 6.09 Å². The fraction of sp³-hybridized carbons (Fsp3) is 0.938. The van der Waals surface area contributed by atoms with E-state index in [-0.39, 0.29) is 6.09 Å². The zero-order chi connectivity index (χ0) is 15.5. The van der Waals surface area contributed by atoms with E-state index in [0.717, 1.165) is 32.6 Å². The second kappa shape index (κ2) is 6.97. The van der Waals surface area contributed by atoms with Crippen molar-refractivity contribution < 1.29 is 9.53 Å². The second-order valence-corrected chi connectivity index (χ2v) is 7.59. The van der Waals surface area contributed by atoms with Gasteiger partial charge < -0.3 is 19.9 Å². The minimum Gasteiger partial charge on any atom is -0.444 e. The number of rotatable bonds is 3. The Hall–Kier alpha value is -0.810.